The van der Waals surface area contributed by atoms with Gasteiger partial charge in [0, 0.05) is 6.54 Å². The van der Waals surface area contributed by atoms with Crippen LogP contribution >= 0.6 is 11.8 Å². The minimum Gasteiger partial charge on any atom is -0.348 e. The van der Waals surface area contributed by atoms with Crippen molar-refractivity contribution in [2.24, 2.45) is 5.92 Å². The van der Waals surface area contributed by atoms with E-state index in [-0.39, 0.29) is 23.3 Å². The molecule has 5 rings (SSSR count). The van der Waals surface area contributed by atoms with Crippen molar-refractivity contribution in [2.45, 2.75) is 37.5 Å². The lowest BCUT2D eigenvalue weighted by Crippen LogP contribution is -2.31. The van der Waals surface area contributed by atoms with Crippen molar-refractivity contribution in [3.63, 3.8) is 0 Å². The lowest BCUT2D eigenvalue weighted by molar-refractivity contribution is -0.119. The number of thioether (sulfide) groups is 1. The lowest BCUT2D eigenvalue weighted by Gasteiger charge is -2.19. The van der Waals surface area contributed by atoms with Crippen LogP contribution in [0.4, 0.5) is 0 Å². The Morgan fingerprint density at radius 1 is 1.21 bits per heavy atom. The third-order valence-electron chi connectivity index (χ3n) is 5.97. The average Bonchev–Trinajstić information content (AvgIpc) is 3.58. The number of carbonyl (C=O) groups is 1. The molecule has 1 aliphatic rings. The third-order valence-corrected chi connectivity index (χ3v) is 6.90. The van der Waals surface area contributed by atoms with Gasteiger partial charge in [0.1, 0.15) is 0 Å². The highest BCUT2D eigenvalue weighted by Crippen LogP contribution is 2.41. The maximum atomic E-state index is 12.9. The predicted octanol–water partition coefficient (Wildman–Crippen LogP) is 3.90. The number of nitrogens with zero attached hydrogens (tertiary/aromatic N) is 4. The molecule has 8 heteroatoms. The van der Waals surface area contributed by atoms with Gasteiger partial charge < -0.3 is 5.32 Å². The number of amides is 1. The van der Waals surface area contributed by atoms with Gasteiger partial charge in [-0.15, -0.1) is 16.8 Å². The number of rotatable bonds is 8. The highest BCUT2D eigenvalue weighted by molar-refractivity contribution is 7.99. The molecular formula is C25H25N5O2S. The highest BCUT2D eigenvalue weighted by Gasteiger charge is 2.33. The van der Waals surface area contributed by atoms with Crippen molar-refractivity contribution in [3.8, 4) is 0 Å². The van der Waals surface area contributed by atoms with Gasteiger partial charge in [0.15, 0.2) is 5.16 Å². The normalized spacial score (nSPS) is 14.5. The van der Waals surface area contributed by atoms with Gasteiger partial charge in [0.05, 0.1) is 22.7 Å². The SMILES string of the molecule is C=CCn1c(=O)c2ccccc2n2c(SCC(=O)NC(c3ccc(C)cc3)C3CC3)nnc12. The van der Waals surface area contributed by atoms with Crippen molar-refractivity contribution in [2.75, 3.05) is 5.75 Å². The number of para-hydroxylation sites is 1. The van der Waals surface area contributed by atoms with E-state index in [4.69, 9.17) is 0 Å². The summed E-state index contributed by atoms with van der Waals surface area (Å²) in [4.78, 5) is 25.8. The summed E-state index contributed by atoms with van der Waals surface area (Å²) in [5.74, 6) is 1.10. The van der Waals surface area contributed by atoms with Crippen LogP contribution < -0.4 is 10.9 Å². The van der Waals surface area contributed by atoms with Crippen LogP contribution in [-0.2, 0) is 11.3 Å². The molecule has 0 saturated heterocycles. The molecule has 0 spiro atoms. The van der Waals surface area contributed by atoms with E-state index < -0.39 is 0 Å². The van der Waals surface area contributed by atoms with E-state index in [1.54, 1.807) is 16.7 Å². The second-order valence-electron chi connectivity index (χ2n) is 8.42. The monoisotopic (exact) mass is 459 g/mol. The van der Waals surface area contributed by atoms with Crippen molar-refractivity contribution in [3.05, 3.63) is 82.7 Å². The largest absolute Gasteiger partial charge is 0.348 e. The number of allylic oxidation sites excluding steroid dienone is 1. The summed E-state index contributed by atoms with van der Waals surface area (Å²) in [5, 5.41) is 12.9. The Morgan fingerprint density at radius 3 is 2.70 bits per heavy atom. The molecule has 0 radical (unpaired) electrons. The zero-order chi connectivity index (χ0) is 22.9. The molecule has 0 aliphatic heterocycles. The summed E-state index contributed by atoms with van der Waals surface area (Å²) in [6, 6.07) is 15.8. The number of aryl methyl sites for hydroxylation is 1. The Hall–Kier alpha value is -3.39. The summed E-state index contributed by atoms with van der Waals surface area (Å²) in [7, 11) is 0. The number of aromatic nitrogens is 4. The molecule has 1 atom stereocenters. The van der Waals surface area contributed by atoms with E-state index >= 15 is 0 Å². The minimum absolute atomic E-state index is 0.0347. The number of fused-ring (bicyclic) bond motifs is 3. The molecule has 1 aliphatic carbocycles. The molecule has 2 aromatic heterocycles. The Balaban J connectivity index is 1.40. The van der Waals surface area contributed by atoms with Gasteiger partial charge in [-0.1, -0.05) is 59.8 Å². The molecule has 7 nitrogen and oxygen atoms in total. The summed E-state index contributed by atoms with van der Waals surface area (Å²) in [6.45, 7) is 6.14. The molecule has 4 aromatic rings. The van der Waals surface area contributed by atoms with E-state index in [0.717, 1.165) is 23.9 Å². The molecule has 1 fully saturated rings. The topological polar surface area (TPSA) is 81.3 Å². The molecule has 1 unspecified atom stereocenters. The quantitative estimate of drug-likeness (QED) is 0.319. The van der Waals surface area contributed by atoms with Gasteiger partial charge in [-0.2, -0.15) is 0 Å². The standard InChI is InChI=1S/C25H25N5O2S/c1-3-14-29-23(32)19-6-4-5-7-20(19)30-24(29)27-28-25(30)33-15-21(31)26-22(18-12-13-18)17-10-8-16(2)9-11-17/h3-11,18,22H,1,12-15H2,2H3,(H,26,31). The maximum absolute atomic E-state index is 12.9. The fraction of sp³-hybridized carbons (Fsp3) is 0.280. The summed E-state index contributed by atoms with van der Waals surface area (Å²) < 4.78 is 3.39. The molecule has 2 aromatic carbocycles. The number of benzene rings is 2. The van der Waals surface area contributed by atoms with Crippen LogP contribution in [0.15, 0.2) is 71.1 Å². The maximum Gasteiger partial charge on any atom is 0.263 e. The first-order valence-electron chi connectivity index (χ1n) is 11.0. The van der Waals surface area contributed by atoms with Crippen molar-refractivity contribution in [1.29, 1.82) is 0 Å². The Labute approximate surface area is 195 Å². The zero-order valence-electron chi connectivity index (χ0n) is 18.4. The molecule has 1 N–H and O–H groups in total. The second kappa shape index (κ2) is 8.86. The summed E-state index contributed by atoms with van der Waals surface area (Å²) in [5.41, 5.74) is 2.94. The van der Waals surface area contributed by atoms with Gasteiger partial charge in [-0.05, 0) is 43.4 Å². The molecule has 2 heterocycles. The van der Waals surface area contributed by atoms with E-state index in [2.05, 4.69) is 53.3 Å². The van der Waals surface area contributed by atoms with Gasteiger partial charge in [0.2, 0.25) is 11.7 Å². The van der Waals surface area contributed by atoms with Crippen molar-refractivity contribution >= 4 is 34.3 Å². The van der Waals surface area contributed by atoms with Crippen molar-refractivity contribution in [1.82, 2.24) is 24.5 Å². The van der Waals surface area contributed by atoms with E-state index in [1.807, 2.05) is 22.6 Å². The lowest BCUT2D eigenvalue weighted by atomic mass is 10.0. The summed E-state index contributed by atoms with van der Waals surface area (Å²) >= 11 is 1.32. The first kappa shape index (κ1) is 21.5. The average molecular weight is 460 g/mol. The van der Waals surface area contributed by atoms with Crippen LogP contribution in [-0.4, -0.2) is 30.8 Å². The molecule has 1 amide bonds. The van der Waals surface area contributed by atoms with E-state index in [0.29, 0.717) is 28.8 Å². The Kier molecular flexibility index (Phi) is 5.76. The van der Waals surface area contributed by atoms with Crippen LogP contribution in [0.3, 0.4) is 0 Å². The second-order valence-corrected chi connectivity index (χ2v) is 9.36. The fourth-order valence-electron chi connectivity index (χ4n) is 4.14. The zero-order valence-corrected chi connectivity index (χ0v) is 19.2. The van der Waals surface area contributed by atoms with Gasteiger partial charge in [0.25, 0.3) is 5.56 Å². The first-order chi connectivity index (χ1) is 16.1. The number of hydrogen-bond acceptors (Lipinski definition) is 5. The molecular weight excluding hydrogens is 434 g/mol. The van der Waals surface area contributed by atoms with Crippen molar-refractivity contribution < 1.29 is 4.79 Å². The van der Waals surface area contributed by atoms with Crippen LogP contribution in [0.25, 0.3) is 16.7 Å². The van der Waals surface area contributed by atoms with Crippen LogP contribution in [0.1, 0.15) is 30.0 Å². The van der Waals surface area contributed by atoms with E-state index in [9.17, 15) is 9.59 Å². The number of carbonyl (C=O) groups excluding carboxylic acids is 1. The smallest absolute Gasteiger partial charge is 0.263 e. The molecule has 168 valence electrons. The number of hydrogen-bond donors (Lipinski definition) is 1. The van der Waals surface area contributed by atoms with Crippen LogP contribution in [0.5, 0.6) is 0 Å². The predicted molar refractivity (Wildman–Crippen MR) is 130 cm³/mol. The fourth-order valence-corrected chi connectivity index (χ4v) is 4.89. The van der Waals surface area contributed by atoms with Crippen LogP contribution in [0, 0.1) is 12.8 Å². The van der Waals surface area contributed by atoms with Gasteiger partial charge in [-0.25, -0.2) is 0 Å². The van der Waals surface area contributed by atoms with Gasteiger partial charge >= 0.3 is 0 Å². The Bertz CT molecular complexity index is 1400. The highest BCUT2D eigenvalue weighted by atomic mass is 32.2. The minimum atomic E-state index is -0.134. The van der Waals surface area contributed by atoms with Crippen LogP contribution in [0.2, 0.25) is 0 Å². The molecule has 1 saturated carbocycles. The Morgan fingerprint density at radius 2 is 1.97 bits per heavy atom. The number of nitrogens with one attached hydrogen (secondary N) is 1. The third kappa shape index (κ3) is 4.18. The van der Waals surface area contributed by atoms with Gasteiger partial charge in [-0.3, -0.25) is 18.6 Å². The van der Waals surface area contributed by atoms with E-state index in [1.165, 1.54) is 17.3 Å². The first-order valence-corrected chi connectivity index (χ1v) is 12.0. The molecule has 33 heavy (non-hydrogen) atoms. The molecule has 0 bridgehead atoms. The summed E-state index contributed by atoms with van der Waals surface area (Å²) in [6.07, 6.45) is 3.93.